The van der Waals surface area contributed by atoms with Crippen molar-refractivity contribution in [2.45, 2.75) is 57.9 Å². The van der Waals surface area contributed by atoms with E-state index in [2.05, 4.69) is 34.3 Å². The lowest BCUT2D eigenvalue weighted by molar-refractivity contribution is -0.150. The molecule has 1 aliphatic rings. The summed E-state index contributed by atoms with van der Waals surface area (Å²) in [5, 5.41) is 4.02. The largest absolute Gasteiger partial charge is 0.465 e. The minimum Gasteiger partial charge on any atom is -0.465 e. The summed E-state index contributed by atoms with van der Waals surface area (Å²) >= 11 is 6.37. The van der Waals surface area contributed by atoms with Crippen molar-refractivity contribution < 1.29 is 9.53 Å². The highest BCUT2D eigenvalue weighted by Crippen LogP contribution is 2.30. The number of esters is 1. The third-order valence-corrected chi connectivity index (χ3v) is 5.84. The number of nitrogens with one attached hydrogen (secondary N) is 1. The maximum absolute atomic E-state index is 12.5. The molecule has 1 N–H and O–H groups in total. The van der Waals surface area contributed by atoms with E-state index in [-0.39, 0.29) is 23.8 Å². The van der Waals surface area contributed by atoms with Gasteiger partial charge in [0, 0.05) is 12.0 Å². The molecule has 1 saturated carbocycles. The van der Waals surface area contributed by atoms with E-state index in [0.29, 0.717) is 17.4 Å². The van der Waals surface area contributed by atoms with Crippen molar-refractivity contribution in [1.29, 1.82) is 0 Å². The molecule has 0 amide bonds. The zero-order valence-electron chi connectivity index (χ0n) is 16.5. The van der Waals surface area contributed by atoms with Gasteiger partial charge in [-0.1, -0.05) is 55.8 Å². The lowest BCUT2D eigenvalue weighted by Gasteiger charge is -2.28. The van der Waals surface area contributed by atoms with Gasteiger partial charge in [-0.2, -0.15) is 0 Å². The maximum atomic E-state index is 12.5. The first-order valence-electron chi connectivity index (χ1n) is 10.1. The molecular weight excluding hydrogens is 374 g/mol. The summed E-state index contributed by atoms with van der Waals surface area (Å²) in [6.45, 7) is 4.53. The number of hydrogen-bond acceptors (Lipinski definition) is 5. The number of rotatable bonds is 7. The molecule has 5 nitrogen and oxygen atoms in total. The van der Waals surface area contributed by atoms with Crippen LogP contribution in [-0.4, -0.2) is 28.6 Å². The van der Waals surface area contributed by atoms with Crippen molar-refractivity contribution >= 4 is 23.4 Å². The number of anilines is 1. The van der Waals surface area contributed by atoms with Crippen LogP contribution >= 0.6 is 11.6 Å². The van der Waals surface area contributed by atoms with Crippen molar-refractivity contribution in [1.82, 2.24) is 9.97 Å². The summed E-state index contributed by atoms with van der Waals surface area (Å²) in [6, 6.07) is 10.4. The average Bonchev–Trinajstić information content (AvgIpc) is 2.74. The Kier molecular flexibility index (Phi) is 7.26. The van der Waals surface area contributed by atoms with E-state index in [4.69, 9.17) is 16.3 Å². The van der Waals surface area contributed by atoms with Crippen LogP contribution in [-0.2, 0) is 16.0 Å². The van der Waals surface area contributed by atoms with Gasteiger partial charge in [0.15, 0.2) is 0 Å². The van der Waals surface area contributed by atoms with Gasteiger partial charge in [-0.3, -0.25) is 4.79 Å². The van der Waals surface area contributed by atoms with Crippen LogP contribution in [0.2, 0.25) is 5.02 Å². The van der Waals surface area contributed by atoms with Crippen molar-refractivity contribution in [2.75, 3.05) is 11.9 Å². The second-order valence-corrected chi connectivity index (χ2v) is 7.85. The molecule has 2 aromatic rings. The van der Waals surface area contributed by atoms with Gasteiger partial charge in [0.1, 0.15) is 17.2 Å². The summed E-state index contributed by atoms with van der Waals surface area (Å²) in [6.07, 6.45) is 5.75. The fraction of sp³-hybridized carbons (Fsp3) is 0.500. The van der Waals surface area contributed by atoms with Crippen LogP contribution in [0.1, 0.15) is 56.7 Å². The van der Waals surface area contributed by atoms with Crippen LogP contribution in [0.4, 0.5) is 5.82 Å². The predicted octanol–water partition coefficient (Wildman–Crippen LogP) is 5.01. The normalized spacial score (nSPS) is 20.4. The number of carbonyl (C=O) groups is 1. The van der Waals surface area contributed by atoms with E-state index in [1.165, 1.54) is 5.56 Å². The van der Waals surface area contributed by atoms with Crippen LogP contribution < -0.4 is 5.32 Å². The Bertz CT molecular complexity index is 777. The molecule has 3 rings (SSSR count). The van der Waals surface area contributed by atoms with Gasteiger partial charge in [-0.15, -0.1) is 0 Å². The number of benzene rings is 1. The number of halogens is 1. The van der Waals surface area contributed by atoms with Gasteiger partial charge in [-0.25, -0.2) is 9.97 Å². The molecule has 1 atom stereocenters. The Morgan fingerprint density at radius 3 is 2.61 bits per heavy atom. The Labute approximate surface area is 171 Å². The van der Waals surface area contributed by atoms with E-state index in [1.54, 1.807) is 6.33 Å². The molecule has 150 valence electrons. The number of hydrogen-bond donors (Lipinski definition) is 1. The van der Waals surface area contributed by atoms with Crippen molar-refractivity contribution in [3.05, 3.63) is 52.9 Å². The molecule has 28 heavy (non-hydrogen) atoms. The third kappa shape index (κ3) is 5.22. The smallest absolute Gasteiger partial charge is 0.308 e. The molecule has 0 radical (unpaired) electrons. The fourth-order valence-electron chi connectivity index (χ4n) is 3.62. The van der Waals surface area contributed by atoms with Crippen LogP contribution in [0.5, 0.6) is 0 Å². The molecule has 1 aliphatic carbocycles. The Hall–Kier alpha value is -2.14. The van der Waals surface area contributed by atoms with Crippen LogP contribution in [0.15, 0.2) is 36.7 Å². The Morgan fingerprint density at radius 1 is 1.21 bits per heavy atom. The first kappa shape index (κ1) is 20.6. The average molecular weight is 402 g/mol. The van der Waals surface area contributed by atoms with Crippen molar-refractivity contribution in [3.8, 4) is 0 Å². The van der Waals surface area contributed by atoms with Gasteiger partial charge < -0.3 is 10.1 Å². The third-order valence-electron chi connectivity index (χ3n) is 5.44. The van der Waals surface area contributed by atoms with Crippen LogP contribution in [0.25, 0.3) is 0 Å². The zero-order chi connectivity index (χ0) is 19.9. The number of ether oxygens (including phenoxy) is 1. The molecule has 1 unspecified atom stereocenters. The van der Waals surface area contributed by atoms with E-state index in [0.717, 1.165) is 37.8 Å². The van der Waals surface area contributed by atoms with Gasteiger partial charge in [0.05, 0.1) is 18.2 Å². The Balaban J connectivity index is 1.45. The summed E-state index contributed by atoms with van der Waals surface area (Å²) < 4.78 is 5.60. The highest BCUT2D eigenvalue weighted by Gasteiger charge is 2.28. The first-order valence-corrected chi connectivity index (χ1v) is 10.4. The lowest BCUT2D eigenvalue weighted by Crippen LogP contribution is -2.31. The molecular formula is C22H28ClN3O2. The summed E-state index contributed by atoms with van der Waals surface area (Å²) in [5.74, 6) is 0.801. The molecule has 1 aromatic heterocycles. The van der Waals surface area contributed by atoms with Crippen molar-refractivity contribution in [3.63, 3.8) is 0 Å². The maximum Gasteiger partial charge on any atom is 0.308 e. The number of aryl methyl sites for hydroxylation is 1. The SMILES string of the molecule is CCc1ncnc(NC2CCC(C(=O)OCC(C)c3ccccc3)CC2)c1Cl. The molecule has 0 aliphatic heterocycles. The van der Waals surface area contributed by atoms with E-state index in [1.807, 2.05) is 25.1 Å². The zero-order valence-corrected chi connectivity index (χ0v) is 17.3. The van der Waals surface area contributed by atoms with E-state index >= 15 is 0 Å². The van der Waals surface area contributed by atoms with Gasteiger partial charge in [0.25, 0.3) is 0 Å². The Morgan fingerprint density at radius 2 is 1.93 bits per heavy atom. The fourth-order valence-corrected chi connectivity index (χ4v) is 3.91. The van der Waals surface area contributed by atoms with Gasteiger partial charge in [-0.05, 0) is 37.7 Å². The molecule has 0 spiro atoms. The highest BCUT2D eigenvalue weighted by molar-refractivity contribution is 6.33. The topological polar surface area (TPSA) is 64.1 Å². The highest BCUT2D eigenvalue weighted by atomic mass is 35.5. The number of aromatic nitrogens is 2. The molecule has 1 heterocycles. The number of carbonyl (C=O) groups excluding carboxylic acids is 1. The van der Waals surface area contributed by atoms with Crippen LogP contribution in [0.3, 0.4) is 0 Å². The molecule has 6 heteroatoms. The second-order valence-electron chi connectivity index (χ2n) is 7.47. The molecule has 1 aromatic carbocycles. The lowest BCUT2D eigenvalue weighted by atomic mass is 9.86. The summed E-state index contributed by atoms with van der Waals surface area (Å²) in [7, 11) is 0. The second kappa shape index (κ2) is 9.87. The molecule has 1 fully saturated rings. The van der Waals surface area contributed by atoms with Crippen molar-refractivity contribution in [2.24, 2.45) is 5.92 Å². The standard InChI is InChI=1S/C22H28ClN3O2/c1-3-19-20(23)21(25-14-24-19)26-18-11-9-17(10-12-18)22(27)28-13-15(2)16-7-5-4-6-8-16/h4-8,14-15,17-18H,3,9-13H2,1-2H3,(H,24,25,26). The predicted molar refractivity (Wildman–Crippen MR) is 112 cm³/mol. The quantitative estimate of drug-likeness (QED) is 0.660. The summed E-state index contributed by atoms with van der Waals surface area (Å²) in [4.78, 5) is 20.9. The minimum absolute atomic E-state index is 0.0203. The van der Waals surface area contributed by atoms with E-state index < -0.39 is 0 Å². The minimum atomic E-state index is -0.0745. The first-order chi connectivity index (χ1) is 13.6. The number of nitrogens with zero attached hydrogens (tertiary/aromatic N) is 2. The van der Waals surface area contributed by atoms with Gasteiger partial charge in [0.2, 0.25) is 0 Å². The monoisotopic (exact) mass is 401 g/mol. The summed E-state index contributed by atoms with van der Waals surface area (Å²) in [5.41, 5.74) is 2.04. The van der Waals surface area contributed by atoms with E-state index in [9.17, 15) is 4.79 Å². The molecule has 0 bridgehead atoms. The molecule has 0 saturated heterocycles. The van der Waals surface area contributed by atoms with Gasteiger partial charge >= 0.3 is 5.97 Å². The van der Waals surface area contributed by atoms with Crippen LogP contribution in [0, 0.1) is 5.92 Å².